The van der Waals surface area contributed by atoms with Crippen LogP contribution in [-0.4, -0.2) is 11.1 Å². The molecule has 0 unspecified atom stereocenters. The van der Waals surface area contributed by atoms with Crippen molar-refractivity contribution >= 4 is 11.7 Å². The molecule has 0 fully saturated rings. The van der Waals surface area contributed by atoms with Gasteiger partial charge < -0.3 is 15.6 Å². The Morgan fingerprint density at radius 3 is 2.42 bits per heavy atom. The van der Waals surface area contributed by atoms with Gasteiger partial charge in [0.1, 0.15) is 22.9 Å². The first-order valence-corrected chi connectivity index (χ1v) is 5.55. The van der Waals surface area contributed by atoms with Gasteiger partial charge in [-0.15, -0.1) is 0 Å². The first kappa shape index (κ1) is 12.9. The quantitative estimate of drug-likeness (QED) is 0.832. The molecule has 0 atom stereocenters. The summed E-state index contributed by atoms with van der Waals surface area (Å²) >= 11 is 0. The summed E-state index contributed by atoms with van der Waals surface area (Å²) in [7, 11) is 0. The molecule has 0 radical (unpaired) electrons. The highest BCUT2D eigenvalue weighted by molar-refractivity contribution is 5.97. The molecule has 0 aromatic heterocycles. The van der Waals surface area contributed by atoms with Crippen LogP contribution in [0.1, 0.15) is 15.9 Å². The number of hydrogen-bond donors (Lipinski definition) is 2. The predicted molar refractivity (Wildman–Crippen MR) is 69.0 cm³/mol. The molecule has 0 aliphatic carbocycles. The highest BCUT2D eigenvalue weighted by Gasteiger charge is 2.19. The summed E-state index contributed by atoms with van der Waals surface area (Å²) < 4.78 is 18.7. The lowest BCUT2D eigenvalue weighted by atomic mass is 10.1. The summed E-state index contributed by atoms with van der Waals surface area (Å²) in [6.45, 7) is 1.92. The summed E-state index contributed by atoms with van der Waals surface area (Å²) in [4.78, 5) is 11.1. The van der Waals surface area contributed by atoms with Gasteiger partial charge in [0, 0.05) is 0 Å². The fourth-order valence-electron chi connectivity index (χ4n) is 1.61. The van der Waals surface area contributed by atoms with E-state index in [1.807, 2.05) is 19.1 Å². The average Bonchev–Trinajstić information content (AvgIpc) is 2.36. The molecule has 0 amide bonds. The van der Waals surface area contributed by atoms with Crippen LogP contribution in [0.25, 0.3) is 0 Å². The lowest BCUT2D eigenvalue weighted by molar-refractivity contribution is 0.0695. The van der Waals surface area contributed by atoms with E-state index in [0.29, 0.717) is 5.75 Å². The minimum atomic E-state index is -1.33. The number of nitrogen functional groups attached to an aromatic ring is 1. The van der Waals surface area contributed by atoms with Gasteiger partial charge in [0.25, 0.3) is 0 Å². The Balaban J connectivity index is 2.42. The van der Waals surface area contributed by atoms with E-state index in [4.69, 9.17) is 15.6 Å². The highest BCUT2D eigenvalue weighted by Crippen LogP contribution is 2.31. The maximum absolute atomic E-state index is 13.3. The Labute approximate surface area is 109 Å². The number of hydrogen-bond acceptors (Lipinski definition) is 3. The van der Waals surface area contributed by atoms with Gasteiger partial charge in [-0.2, -0.15) is 0 Å². The summed E-state index contributed by atoms with van der Waals surface area (Å²) in [5, 5.41) is 9.07. The summed E-state index contributed by atoms with van der Waals surface area (Å²) in [6.07, 6.45) is 0. The second-order valence-corrected chi connectivity index (χ2v) is 4.05. The summed E-state index contributed by atoms with van der Waals surface area (Å²) in [5.74, 6) is -1.65. The molecule has 3 N–H and O–H groups in total. The third kappa shape index (κ3) is 2.65. The van der Waals surface area contributed by atoms with E-state index >= 15 is 0 Å². The number of ether oxygens (including phenoxy) is 1. The van der Waals surface area contributed by atoms with Crippen LogP contribution in [-0.2, 0) is 0 Å². The van der Waals surface area contributed by atoms with E-state index in [0.717, 1.165) is 11.6 Å². The SMILES string of the molecule is Cc1ccc(Oc2ccc(F)c(N)c2C(=O)O)cc1. The van der Waals surface area contributed by atoms with Crippen molar-refractivity contribution < 1.29 is 19.0 Å². The maximum Gasteiger partial charge on any atom is 0.341 e. The van der Waals surface area contributed by atoms with Gasteiger partial charge in [0.15, 0.2) is 0 Å². The van der Waals surface area contributed by atoms with Crippen LogP contribution >= 0.6 is 0 Å². The maximum atomic E-state index is 13.3. The zero-order valence-electron chi connectivity index (χ0n) is 10.2. The molecule has 2 aromatic rings. The van der Waals surface area contributed by atoms with Gasteiger partial charge in [0.2, 0.25) is 0 Å². The number of carbonyl (C=O) groups is 1. The third-order valence-corrected chi connectivity index (χ3v) is 2.62. The molecule has 4 nitrogen and oxygen atoms in total. The number of carboxylic acid groups (broad SMARTS) is 1. The molecule has 98 valence electrons. The van der Waals surface area contributed by atoms with Crippen molar-refractivity contribution in [2.45, 2.75) is 6.92 Å². The average molecular weight is 261 g/mol. The van der Waals surface area contributed by atoms with Crippen LogP contribution in [0.4, 0.5) is 10.1 Å². The van der Waals surface area contributed by atoms with E-state index in [-0.39, 0.29) is 11.3 Å². The molecular weight excluding hydrogens is 249 g/mol. The largest absolute Gasteiger partial charge is 0.477 e. The Morgan fingerprint density at radius 2 is 1.84 bits per heavy atom. The highest BCUT2D eigenvalue weighted by atomic mass is 19.1. The molecule has 2 aromatic carbocycles. The smallest absolute Gasteiger partial charge is 0.341 e. The van der Waals surface area contributed by atoms with E-state index in [9.17, 15) is 9.18 Å². The van der Waals surface area contributed by atoms with Crippen LogP contribution in [0, 0.1) is 12.7 Å². The van der Waals surface area contributed by atoms with Crippen molar-refractivity contribution in [3.05, 3.63) is 53.3 Å². The second kappa shape index (κ2) is 4.97. The minimum Gasteiger partial charge on any atom is -0.477 e. The van der Waals surface area contributed by atoms with Crippen LogP contribution < -0.4 is 10.5 Å². The topological polar surface area (TPSA) is 72.5 Å². The summed E-state index contributed by atoms with van der Waals surface area (Å²) in [6, 6.07) is 9.35. The number of rotatable bonds is 3. The normalized spacial score (nSPS) is 10.2. The van der Waals surface area contributed by atoms with Crippen LogP contribution in [0.3, 0.4) is 0 Å². The van der Waals surface area contributed by atoms with Crippen LogP contribution in [0.2, 0.25) is 0 Å². The Kier molecular flexibility index (Phi) is 3.37. The molecule has 0 aliphatic rings. The number of aryl methyl sites for hydroxylation is 1. The third-order valence-electron chi connectivity index (χ3n) is 2.62. The molecule has 0 heterocycles. The van der Waals surface area contributed by atoms with Gasteiger partial charge in [0.05, 0.1) is 5.69 Å². The number of anilines is 1. The van der Waals surface area contributed by atoms with Crippen molar-refractivity contribution in [3.8, 4) is 11.5 Å². The number of aromatic carboxylic acids is 1. The standard InChI is InChI=1S/C14H12FNO3/c1-8-2-4-9(5-3-8)19-11-7-6-10(15)13(16)12(11)14(17)18/h2-7H,16H2,1H3,(H,17,18). The van der Waals surface area contributed by atoms with Crippen molar-refractivity contribution in [2.24, 2.45) is 0 Å². The van der Waals surface area contributed by atoms with Crippen LogP contribution in [0.15, 0.2) is 36.4 Å². The van der Waals surface area contributed by atoms with Crippen LogP contribution in [0.5, 0.6) is 11.5 Å². The molecule has 2 rings (SSSR count). The molecule has 0 bridgehead atoms. The van der Waals surface area contributed by atoms with Gasteiger partial charge in [-0.3, -0.25) is 0 Å². The fourth-order valence-corrected chi connectivity index (χ4v) is 1.61. The van der Waals surface area contributed by atoms with E-state index in [2.05, 4.69) is 0 Å². The summed E-state index contributed by atoms with van der Waals surface area (Å²) in [5.41, 5.74) is 5.66. The lowest BCUT2D eigenvalue weighted by Crippen LogP contribution is -2.07. The Morgan fingerprint density at radius 1 is 1.21 bits per heavy atom. The monoisotopic (exact) mass is 261 g/mol. The zero-order valence-corrected chi connectivity index (χ0v) is 10.2. The number of nitrogens with two attached hydrogens (primary N) is 1. The zero-order chi connectivity index (χ0) is 14.0. The van der Waals surface area contributed by atoms with Gasteiger partial charge in [-0.05, 0) is 31.2 Å². The molecule has 0 saturated carbocycles. The molecule has 0 aliphatic heterocycles. The van der Waals surface area contributed by atoms with Crippen molar-refractivity contribution in [1.82, 2.24) is 0 Å². The molecule has 0 spiro atoms. The molecular formula is C14H12FNO3. The van der Waals surface area contributed by atoms with Crippen molar-refractivity contribution in [3.63, 3.8) is 0 Å². The van der Waals surface area contributed by atoms with Gasteiger partial charge in [-0.1, -0.05) is 17.7 Å². The number of carboxylic acids is 1. The fraction of sp³-hybridized carbons (Fsp3) is 0.0714. The lowest BCUT2D eigenvalue weighted by Gasteiger charge is -2.11. The minimum absolute atomic E-state index is 0.00949. The molecule has 5 heteroatoms. The van der Waals surface area contributed by atoms with Crippen molar-refractivity contribution in [1.29, 1.82) is 0 Å². The van der Waals surface area contributed by atoms with Gasteiger partial charge >= 0.3 is 5.97 Å². The van der Waals surface area contributed by atoms with Gasteiger partial charge in [-0.25, -0.2) is 9.18 Å². The molecule has 0 saturated heterocycles. The molecule has 19 heavy (non-hydrogen) atoms. The van der Waals surface area contributed by atoms with Crippen molar-refractivity contribution in [2.75, 3.05) is 5.73 Å². The first-order valence-electron chi connectivity index (χ1n) is 5.55. The van der Waals surface area contributed by atoms with E-state index in [1.165, 1.54) is 6.07 Å². The number of halogens is 1. The number of benzene rings is 2. The Hall–Kier alpha value is -2.56. The van der Waals surface area contributed by atoms with E-state index < -0.39 is 17.5 Å². The Bertz CT molecular complexity index is 623. The second-order valence-electron chi connectivity index (χ2n) is 4.05. The van der Waals surface area contributed by atoms with E-state index in [1.54, 1.807) is 12.1 Å². The first-order chi connectivity index (χ1) is 8.99. The predicted octanol–water partition coefficient (Wildman–Crippen LogP) is 3.21.